The minimum absolute atomic E-state index is 0.654. The Labute approximate surface area is 111 Å². The molecular formula is C12H11F4NO3. The molecule has 0 bridgehead atoms. The zero-order valence-electron chi connectivity index (χ0n) is 10.0. The van der Waals surface area contributed by atoms with Gasteiger partial charge in [0, 0.05) is 12.0 Å². The minimum Gasteiger partial charge on any atom is -0.480 e. The van der Waals surface area contributed by atoms with Crippen LogP contribution >= 0.6 is 0 Å². The van der Waals surface area contributed by atoms with E-state index in [1.165, 1.54) is 23.5 Å². The highest BCUT2D eigenvalue weighted by Gasteiger charge is 2.42. The van der Waals surface area contributed by atoms with Crippen LogP contribution in [0.25, 0.3) is 0 Å². The SMILES string of the molecule is O=C(O)C(CC(F)F)NC(=O)C(F)(F)c1ccccc1. The smallest absolute Gasteiger partial charge is 0.349 e. The second-order valence-corrected chi connectivity index (χ2v) is 3.93. The molecule has 8 heteroatoms. The highest BCUT2D eigenvalue weighted by Crippen LogP contribution is 2.28. The van der Waals surface area contributed by atoms with Crippen molar-refractivity contribution in [3.05, 3.63) is 35.9 Å². The van der Waals surface area contributed by atoms with Gasteiger partial charge in [0.1, 0.15) is 6.04 Å². The van der Waals surface area contributed by atoms with Crippen LogP contribution in [0.15, 0.2) is 30.3 Å². The van der Waals surface area contributed by atoms with Crippen molar-refractivity contribution in [2.45, 2.75) is 24.8 Å². The van der Waals surface area contributed by atoms with E-state index in [0.717, 1.165) is 12.1 Å². The van der Waals surface area contributed by atoms with Crippen molar-refractivity contribution in [1.82, 2.24) is 5.32 Å². The van der Waals surface area contributed by atoms with Gasteiger partial charge in [0.05, 0.1) is 0 Å². The number of hydrogen-bond donors (Lipinski definition) is 2. The van der Waals surface area contributed by atoms with Crippen molar-refractivity contribution < 1.29 is 32.3 Å². The summed E-state index contributed by atoms with van der Waals surface area (Å²) in [5, 5.41) is 10.0. The van der Waals surface area contributed by atoms with Crippen LogP contribution in [0.2, 0.25) is 0 Å². The maximum Gasteiger partial charge on any atom is 0.349 e. The summed E-state index contributed by atoms with van der Waals surface area (Å²) in [6.07, 6.45) is -4.28. The van der Waals surface area contributed by atoms with E-state index in [-0.39, 0.29) is 0 Å². The summed E-state index contributed by atoms with van der Waals surface area (Å²) >= 11 is 0. The molecule has 0 aliphatic heterocycles. The Morgan fingerprint density at radius 1 is 1.20 bits per heavy atom. The van der Waals surface area contributed by atoms with Gasteiger partial charge in [-0.2, -0.15) is 8.78 Å². The van der Waals surface area contributed by atoms with Gasteiger partial charge in [-0.1, -0.05) is 30.3 Å². The molecule has 1 atom stereocenters. The first kappa shape index (κ1) is 15.9. The average molecular weight is 293 g/mol. The first-order valence-corrected chi connectivity index (χ1v) is 5.50. The first-order chi connectivity index (χ1) is 9.25. The molecule has 1 aromatic rings. The van der Waals surface area contributed by atoms with Crippen molar-refractivity contribution in [3.63, 3.8) is 0 Å². The molecule has 110 valence electrons. The molecule has 4 nitrogen and oxygen atoms in total. The van der Waals surface area contributed by atoms with Crippen LogP contribution in [0.1, 0.15) is 12.0 Å². The predicted molar refractivity (Wildman–Crippen MR) is 60.5 cm³/mol. The van der Waals surface area contributed by atoms with E-state index >= 15 is 0 Å². The second-order valence-electron chi connectivity index (χ2n) is 3.93. The molecule has 0 spiro atoms. The number of aliphatic carboxylic acids is 1. The number of rotatable bonds is 6. The fraction of sp³-hybridized carbons (Fsp3) is 0.333. The highest BCUT2D eigenvalue weighted by atomic mass is 19.3. The number of alkyl halides is 4. The van der Waals surface area contributed by atoms with Gasteiger partial charge in [0.2, 0.25) is 6.43 Å². The molecule has 0 saturated heterocycles. The largest absolute Gasteiger partial charge is 0.480 e. The average Bonchev–Trinajstić information content (AvgIpc) is 2.38. The summed E-state index contributed by atoms with van der Waals surface area (Å²) in [6.45, 7) is 0. The van der Waals surface area contributed by atoms with Crippen LogP contribution in [-0.2, 0) is 15.5 Å². The fourth-order valence-corrected chi connectivity index (χ4v) is 1.43. The summed E-state index contributed by atoms with van der Waals surface area (Å²) in [5.41, 5.74) is -0.654. The fourth-order valence-electron chi connectivity index (χ4n) is 1.43. The van der Waals surface area contributed by atoms with Crippen LogP contribution in [0.4, 0.5) is 17.6 Å². The number of carbonyl (C=O) groups excluding carboxylic acids is 1. The van der Waals surface area contributed by atoms with Gasteiger partial charge in [-0.3, -0.25) is 4.79 Å². The Morgan fingerprint density at radius 2 is 1.75 bits per heavy atom. The standard InChI is InChI=1S/C12H11F4NO3/c13-9(14)6-8(10(18)19)17-11(20)12(15,16)7-4-2-1-3-5-7/h1-5,8-9H,6H2,(H,17,20)(H,18,19). The van der Waals surface area contributed by atoms with Crippen molar-refractivity contribution in [1.29, 1.82) is 0 Å². The normalized spacial score (nSPS) is 13.1. The molecule has 0 radical (unpaired) electrons. The van der Waals surface area contributed by atoms with E-state index in [2.05, 4.69) is 0 Å². The molecule has 1 aromatic carbocycles. The van der Waals surface area contributed by atoms with Crippen LogP contribution in [0.3, 0.4) is 0 Å². The second kappa shape index (κ2) is 6.36. The van der Waals surface area contributed by atoms with Crippen LogP contribution < -0.4 is 5.32 Å². The zero-order valence-corrected chi connectivity index (χ0v) is 10.0. The number of hydrogen-bond acceptors (Lipinski definition) is 2. The molecule has 1 rings (SSSR count). The topological polar surface area (TPSA) is 66.4 Å². The number of nitrogens with one attached hydrogen (secondary N) is 1. The number of carbonyl (C=O) groups is 2. The third-order valence-electron chi connectivity index (χ3n) is 2.44. The van der Waals surface area contributed by atoms with E-state index in [9.17, 15) is 27.2 Å². The zero-order chi connectivity index (χ0) is 15.3. The van der Waals surface area contributed by atoms with E-state index in [1.54, 1.807) is 0 Å². The molecular weight excluding hydrogens is 282 g/mol. The summed E-state index contributed by atoms with van der Waals surface area (Å²) in [4.78, 5) is 22.0. The molecule has 2 N–H and O–H groups in total. The minimum atomic E-state index is -4.00. The molecule has 0 fully saturated rings. The number of carboxylic acids is 1. The van der Waals surface area contributed by atoms with E-state index in [4.69, 9.17) is 5.11 Å². The summed E-state index contributed by atoms with van der Waals surface area (Å²) in [7, 11) is 0. The van der Waals surface area contributed by atoms with Crippen LogP contribution in [0.5, 0.6) is 0 Å². The van der Waals surface area contributed by atoms with Gasteiger partial charge >= 0.3 is 11.9 Å². The lowest BCUT2D eigenvalue weighted by atomic mass is 10.1. The Kier molecular flexibility index (Phi) is 5.06. The molecule has 0 heterocycles. The summed E-state index contributed by atoms with van der Waals surface area (Å²) in [6, 6.07) is 3.87. The van der Waals surface area contributed by atoms with Gasteiger partial charge < -0.3 is 10.4 Å². The lowest BCUT2D eigenvalue weighted by Crippen LogP contribution is -2.48. The lowest BCUT2D eigenvalue weighted by molar-refractivity contribution is -0.153. The number of benzene rings is 1. The first-order valence-electron chi connectivity index (χ1n) is 5.50. The quantitative estimate of drug-likeness (QED) is 0.788. The molecule has 0 aromatic heterocycles. The molecule has 0 saturated carbocycles. The van der Waals surface area contributed by atoms with E-state index in [1.807, 2.05) is 0 Å². The van der Waals surface area contributed by atoms with Crippen molar-refractivity contribution in [2.24, 2.45) is 0 Å². The molecule has 20 heavy (non-hydrogen) atoms. The van der Waals surface area contributed by atoms with Gasteiger partial charge in [-0.15, -0.1) is 0 Å². The monoisotopic (exact) mass is 293 g/mol. The summed E-state index contributed by atoms with van der Waals surface area (Å²) in [5.74, 6) is -7.74. The predicted octanol–water partition coefficient (Wildman–Crippen LogP) is 2.00. The maximum absolute atomic E-state index is 13.7. The van der Waals surface area contributed by atoms with Gasteiger partial charge in [0.25, 0.3) is 5.91 Å². The van der Waals surface area contributed by atoms with Gasteiger partial charge in [-0.05, 0) is 0 Å². The highest BCUT2D eigenvalue weighted by molar-refractivity contribution is 5.88. The third-order valence-corrected chi connectivity index (χ3v) is 2.44. The molecule has 0 aliphatic rings. The van der Waals surface area contributed by atoms with Crippen LogP contribution in [0, 0.1) is 0 Å². The van der Waals surface area contributed by atoms with Gasteiger partial charge in [0.15, 0.2) is 0 Å². The lowest BCUT2D eigenvalue weighted by Gasteiger charge is -2.20. The van der Waals surface area contributed by atoms with E-state index in [0.29, 0.717) is 0 Å². The Balaban J connectivity index is 2.85. The molecule has 0 aliphatic carbocycles. The van der Waals surface area contributed by atoms with Gasteiger partial charge in [-0.25, -0.2) is 13.6 Å². The number of carboxylic acid groups (broad SMARTS) is 1. The van der Waals surface area contributed by atoms with Crippen molar-refractivity contribution in [3.8, 4) is 0 Å². The Morgan fingerprint density at radius 3 is 2.20 bits per heavy atom. The number of halogens is 4. The molecule has 1 amide bonds. The third kappa shape index (κ3) is 3.94. The summed E-state index contributed by atoms with van der Waals surface area (Å²) < 4.78 is 51.7. The Bertz CT molecular complexity index is 479. The maximum atomic E-state index is 13.7. The van der Waals surface area contributed by atoms with Crippen molar-refractivity contribution in [2.75, 3.05) is 0 Å². The van der Waals surface area contributed by atoms with Crippen molar-refractivity contribution >= 4 is 11.9 Å². The van der Waals surface area contributed by atoms with Crippen LogP contribution in [-0.4, -0.2) is 29.5 Å². The van der Waals surface area contributed by atoms with E-state index < -0.39 is 42.3 Å². The number of amides is 1. The Hall–Kier alpha value is -2.12. The molecule has 1 unspecified atom stereocenters.